The van der Waals surface area contributed by atoms with Gasteiger partial charge in [0.1, 0.15) is 11.3 Å². The van der Waals surface area contributed by atoms with Crippen molar-refractivity contribution < 1.29 is 9.32 Å². The van der Waals surface area contributed by atoms with Crippen LogP contribution in [0.4, 0.5) is 0 Å². The largest absolute Gasteiger partial charge is 0.361 e. The van der Waals surface area contributed by atoms with Gasteiger partial charge in [0.05, 0.1) is 5.69 Å². The zero-order valence-electron chi connectivity index (χ0n) is 10.7. The maximum Gasteiger partial charge on any atom is 0.257 e. The predicted octanol–water partition coefficient (Wildman–Crippen LogP) is 2.71. The Morgan fingerprint density at radius 1 is 1.56 bits per heavy atom. The summed E-state index contributed by atoms with van der Waals surface area (Å²) in [4.78, 5) is 13.3. The first-order chi connectivity index (χ1) is 8.58. The summed E-state index contributed by atoms with van der Waals surface area (Å²) in [5.74, 6) is 0.448. The molecule has 96 valence electrons. The van der Waals surface area contributed by atoms with Crippen LogP contribution in [0, 0.1) is 13.8 Å². The van der Waals surface area contributed by atoms with Gasteiger partial charge < -0.3 is 9.84 Å². The summed E-state index contributed by atoms with van der Waals surface area (Å²) in [5, 5.41) is 8.80. The second-order valence-electron chi connectivity index (χ2n) is 4.36. The van der Waals surface area contributed by atoms with E-state index in [1.165, 1.54) is 4.88 Å². The molecular weight excluding hydrogens is 248 g/mol. The number of hydrogen-bond acceptors (Lipinski definition) is 4. The van der Waals surface area contributed by atoms with E-state index in [4.69, 9.17) is 4.52 Å². The normalized spacial score (nSPS) is 12.4. The van der Waals surface area contributed by atoms with E-state index in [2.05, 4.69) is 16.5 Å². The summed E-state index contributed by atoms with van der Waals surface area (Å²) in [7, 11) is 0. The zero-order valence-corrected chi connectivity index (χ0v) is 11.5. The van der Waals surface area contributed by atoms with E-state index in [1.807, 2.05) is 18.4 Å². The van der Waals surface area contributed by atoms with Crippen molar-refractivity contribution in [3.63, 3.8) is 0 Å². The molecule has 0 bridgehead atoms. The summed E-state index contributed by atoms with van der Waals surface area (Å²) in [5.41, 5.74) is 1.18. The summed E-state index contributed by atoms with van der Waals surface area (Å²) >= 11 is 1.70. The van der Waals surface area contributed by atoms with Gasteiger partial charge in [0.2, 0.25) is 0 Å². The van der Waals surface area contributed by atoms with Gasteiger partial charge in [-0.15, -0.1) is 11.3 Å². The molecule has 5 heteroatoms. The molecule has 0 aliphatic heterocycles. The number of amides is 1. The minimum absolute atomic E-state index is 0.0878. The Labute approximate surface area is 110 Å². The number of aryl methyl sites for hydroxylation is 2. The molecule has 2 rings (SSSR count). The summed E-state index contributed by atoms with van der Waals surface area (Å²) < 4.78 is 5.00. The molecule has 2 heterocycles. The molecule has 0 spiro atoms. The Morgan fingerprint density at radius 2 is 2.33 bits per heavy atom. The minimum Gasteiger partial charge on any atom is -0.361 e. The maximum atomic E-state index is 12.1. The molecule has 18 heavy (non-hydrogen) atoms. The Kier molecular flexibility index (Phi) is 3.81. The highest BCUT2D eigenvalue weighted by molar-refractivity contribution is 7.09. The van der Waals surface area contributed by atoms with Gasteiger partial charge in [0.15, 0.2) is 0 Å². The van der Waals surface area contributed by atoms with E-state index in [0.29, 0.717) is 17.0 Å². The molecule has 2 aromatic rings. The Balaban J connectivity index is 1.99. The highest BCUT2D eigenvalue weighted by Gasteiger charge is 2.19. The third-order valence-corrected chi connectivity index (χ3v) is 3.62. The van der Waals surface area contributed by atoms with E-state index in [1.54, 1.807) is 25.2 Å². The topological polar surface area (TPSA) is 55.1 Å². The molecule has 0 fully saturated rings. The molecule has 1 atom stereocenters. The van der Waals surface area contributed by atoms with Crippen LogP contribution in [-0.4, -0.2) is 17.1 Å². The lowest BCUT2D eigenvalue weighted by molar-refractivity contribution is 0.0938. The molecule has 0 aromatic carbocycles. The molecule has 4 nitrogen and oxygen atoms in total. The van der Waals surface area contributed by atoms with Gasteiger partial charge in [-0.25, -0.2) is 0 Å². The lowest BCUT2D eigenvalue weighted by Gasteiger charge is -2.12. The summed E-state index contributed by atoms with van der Waals surface area (Å²) in [6, 6.07) is 4.18. The van der Waals surface area contributed by atoms with Crippen LogP contribution in [-0.2, 0) is 6.42 Å². The SMILES string of the molecule is Cc1noc(C)c1C(=O)N[C@H](C)Cc1cccs1. The monoisotopic (exact) mass is 264 g/mol. The standard InChI is InChI=1S/C13H16N2O2S/c1-8(7-11-5-4-6-18-11)14-13(16)12-9(2)15-17-10(12)3/h4-6,8H,7H2,1-3H3,(H,14,16)/t8-/m1/s1. The molecule has 0 saturated carbocycles. The molecule has 0 saturated heterocycles. The van der Waals surface area contributed by atoms with Crippen LogP contribution in [0.25, 0.3) is 0 Å². The lowest BCUT2D eigenvalue weighted by atomic mass is 10.1. The van der Waals surface area contributed by atoms with Crippen molar-refractivity contribution in [3.05, 3.63) is 39.4 Å². The van der Waals surface area contributed by atoms with E-state index < -0.39 is 0 Å². The number of hydrogen-bond donors (Lipinski definition) is 1. The first-order valence-electron chi connectivity index (χ1n) is 5.84. The number of nitrogens with one attached hydrogen (secondary N) is 1. The van der Waals surface area contributed by atoms with Gasteiger partial charge in [-0.3, -0.25) is 4.79 Å². The average molecular weight is 264 g/mol. The van der Waals surface area contributed by atoms with Crippen LogP contribution < -0.4 is 5.32 Å². The number of aromatic nitrogens is 1. The number of thiophene rings is 1. The Morgan fingerprint density at radius 3 is 2.89 bits per heavy atom. The fraction of sp³-hybridized carbons (Fsp3) is 0.385. The van der Waals surface area contributed by atoms with Crippen LogP contribution in [0.15, 0.2) is 22.0 Å². The number of rotatable bonds is 4. The van der Waals surface area contributed by atoms with Crippen LogP contribution in [0.5, 0.6) is 0 Å². The number of nitrogens with zero attached hydrogens (tertiary/aromatic N) is 1. The van der Waals surface area contributed by atoms with Crippen molar-refractivity contribution in [2.75, 3.05) is 0 Å². The third-order valence-electron chi connectivity index (χ3n) is 2.73. The van der Waals surface area contributed by atoms with Gasteiger partial charge in [-0.2, -0.15) is 0 Å². The van der Waals surface area contributed by atoms with Crippen molar-refractivity contribution in [1.82, 2.24) is 10.5 Å². The quantitative estimate of drug-likeness (QED) is 0.923. The van der Waals surface area contributed by atoms with Crippen molar-refractivity contribution >= 4 is 17.2 Å². The van der Waals surface area contributed by atoms with Gasteiger partial charge in [-0.05, 0) is 32.2 Å². The van der Waals surface area contributed by atoms with Gasteiger partial charge >= 0.3 is 0 Å². The molecule has 2 aromatic heterocycles. The summed E-state index contributed by atoms with van der Waals surface area (Å²) in [6.45, 7) is 5.52. The van der Waals surface area contributed by atoms with E-state index in [0.717, 1.165) is 6.42 Å². The van der Waals surface area contributed by atoms with E-state index in [-0.39, 0.29) is 11.9 Å². The third kappa shape index (κ3) is 2.79. The van der Waals surface area contributed by atoms with Crippen LogP contribution in [0.1, 0.15) is 33.6 Å². The molecule has 1 N–H and O–H groups in total. The maximum absolute atomic E-state index is 12.1. The van der Waals surface area contributed by atoms with E-state index >= 15 is 0 Å². The lowest BCUT2D eigenvalue weighted by Crippen LogP contribution is -2.34. The van der Waals surface area contributed by atoms with Crippen molar-refractivity contribution in [3.8, 4) is 0 Å². The smallest absolute Gasteiger partial charge is 0.257 e. The van der Waals surface area contributed by atoms with Crippen LogP contribution in [0.2, 0.25) is 0 Å². The molecule has 0 aliphatic rings. The summed E-state index contributed by atoms with van der Waals surface area (Å²) in [6.07, 6.45) is 0.840. The Bertz CT molecular complexity index is 512. The molecule has 0 aliphatic carbocycles. The second-order valence-corrected chi connectivity index (χ2v) is 5.39. The zero-order chi connectivity index (χ0) is 13.1. The van der Waals surface area contributed by atoms with Crippen molar-refractivity contribution in [2.24, 2.45) is 0 Å². The minimum atomic E-state index is -0.115. The molecule has 0 unspecified atom stereocenters. The molecular formula is C13H16N2O2S. The Hall–Kier alpha value is -1.62. The number of carbonyl (C=O) groups is 1. The van der Waals surface area contributed by atoms with Gasteiger partial charge in [0, 0.05) is 17.3 Å². The predicted molar refractivity (Wildman–Crippen MR) is 70.9 cm³/mol. The van der Waals surface area contributed by atoms with Crippen molar-refractivity contribution in [2.45, 2.75) is 33.2 Å². The second kappa shape index (κ2) is 5.35. The van der Waals surface area contributed by atoms with Crippen LogP contribution in [0.3, 0.4) is 0 Å². The highest BCUT2D eigenvalue weighted by atomic mass is 32.1. The fourth-order valence-electron chi connectivity index (χ4n) is 1.88. The van der Waals surface area contributed by atoms with Gasteiger partial charge in [-0.1, -0.05) is 11.2 Å². The first-order valence-corrected chi connectivity index (χ1v) is 6.72. The molecule has 0 radical (unpaired) electrons. The van der Waals surface area contributed by atoms with Crippen LogP contribution >= 0.6 is 11.3 Å². The van der Waals surface area contributed by atoms with Crippen molar-refractivity contribution in [1.29, 1.82) is 0 Å². The molecule has 1 amide bonds. The van der Waals surface area contributed by atoms with Gasteiger partial charge in [0.25, 0.3) is 5.91 Å². The fourth-order valence-corrected chi connectivity index (χ4v) is 2.72. The average Bonchev–Trinajstić information content (AvgIpc) is 2.89. The first kappa shape index (κ1) is 12.8. The number of carbonyl (C=O) groups excluding carboxylic acids is 1. The van der Waals surface area contributed by atoms with E-state index in [9.17, 15) is 4.79 Å². The highest BCUT2D eigenvalue weighted by Crippen LogP contribution is 2.14.